The number of benzene rings is 1. The Hall–Kier alpha value is -1.97. The van der Waals surface area contributed by atoms with Crippen molar-refractivity contribution < 1.29 is 17.9 Å². The van der Waals surface area contributed by atoms with E-state index in [-0.39, 0.29) is 35.6 Å². The molecule has 0 N–H and O–H groups in total. The number of ether oxygens (including phenoxy) is 1. The summed E-state index contributed by atoms with van der Waals surface area (Å²) in [5.41, 5.74) is 1.34. The minimum atomic E-state index is -0.950. The van der Waals surface area contributed by atoms with E-state index in [1.165, 1.54) is 25.1 Å². The number of halogens is 3. The number of rotatable bonds is 9. The van der Waals surface area contributed by atoms with E-state index in [4.69, 9.17) is 4.74 Å². The molecule has 25 heavy (non-hydrogen) atoms. The quantitative estimate of drug-likeness (QED) is 0.450. The number of hydrogen-bond donors (Lipinski definition) is 0. The predicted octanol–water partition coefficient (Wildman–Crippen LogP) is 6.69. The van der Waals surface area contributed by atoms with Crippen LogP contribution in [0.5, 0.6) is 5.75 Å². The number of hydrogen-bond acceptors (Lipinski definition) is 1. The standard InChI is InChI=1S/C21H27F3O/c1-13(2)18(22)11-17(6)15(4)8-7-14(3)12-25-19-10-9-16(5)20(23)21(19)24/h9-11,14-15H,1,6-8,12H2,2-5H3/b18-11+. The third kappa shape index (κ3) is 6.45. The summed E-state index contributed by atoms with van der Waals surface area (Å²) in [6.07, 6.45) is 3.02. The summed E-state index contributed by atoms with van der Waals surface area (Å²) in [7, 11) is 0. The van der Waals surface area contributed by atoms with Gasteiger partial charge in [0.25, 0.3) is 0 Å². The summed E-state index contributed by atoms with van der Waals surface area (Å²) in [4.78, 5) is 0. The molecule has 0 aliphatic heterocycles. The number of allylic oxidation sites excluding steroid dienone is 4. The van der Waals surface area contributed by atoms with Crippen LogP contribution in [0.15, 0.2) is 48.3 Å². The maximum absolute atomic E-state index is 13.8. The van der Waals surface area contributed by atoms with Gasteiger partial charge in [-0.3, -0.25) is 0 Å². The van der Waals surface area contributed by atoms with Crippen LogP contribution in [0.1, 0.15) is 39.2 Å². The smallest absolute Gasteiger partial charge is 0.200 e. The van der Waals surface area contributed by atoms with Crippen molar-refractivity contribution in [2.45, 2.75) is 40.5 Å². The third-order valence-corrected chi connectivity index (χ3v) is 4.21. The van der Waals surface area contributed by atoms with Crippen LogP contribution in [0, 0.1) is 30.4 Å². The predicted molar refractivity (Wildman–Crippen MR) is 97.3 cm³/mol. The molecule has 0 saturated heterocycles. The van der Waals surface area contributed by atoms with Crippen molar-refractivity contribution in [3.05, 3.63) is 65.5 Å². The normalized spacial score (nSPS) is 14.1. The van der Waals surface area contributed by atoms with Crippen molar-refractivity contribution in [3.8, 4) is 5.75 Å². The van der Waals surface area contributed by atoms with E-state index >= 15 is 0 Å². The molecular weight excluding hydrogens is 325 g/mol. The molecule has 0 aliphatic carbocycles. The average molecular weight is 352 g/mol. The molecule has 1 aromatic carbocycles. The summed E-state index contributed by atoms with van der Waals surface area (Å²) in [5, 5.41) is 0. The Bertz CT molecular complexity index is 661. The summed E-state index contributed by atoms with van der Waals surface area (Å²) in [6.45, 7) is 14.8. The van der Waals surface area contributed by atoms with Crippen molar-refractivity contribution in [2.75, 3.05) is 6.61 Å². The Morgan fingerprint density at radius 3 is 2.40 bits per heavy atom. The van der Waals surface area contributed by atoms with Crippen molar-refractivity contribution in [3.63, 3.8) is 0 Å². The lowest BCUT2D eigenvalue weighted by Crippen LogP contribution is -2.11. The lowest BCUT2D eigenvalue weighted by Gasteiger charge is -2.17. The molecule has 1 aromatic rings. The van der Waals surface area contributed by atoms with Gasteiger partial charge in [-0.15, -0.1) is 0 Å². The lowest BCUT2D eigenvalue weighted by atomic mass is 9.92. The highest BCUT2D eigenvalue weighted by Crippen LogP contribution is 2.25. The molecule has 0 aromatic heterocycles. The molecular formula is C21H27F3O. The van der Waals surface area contributed by atoms with Crippen molar-refractivity contribution in [1.29, 1.82) is 0 Å². The summed E-state index contributed by atoms with van der Waals surface area (Å²) >= 11 is 0. The van der Waals surface area contributed by atoms with Gasteiger partial charge in [-0.1, -0.05) is 33.1 Å². The van der Waals surface area contributed by atoms with E-state index in [9.17, 15) is 13.2 Å². The van der Waals surface area contributed by atoms with E-state index in [1.807, 2.05) is 13.8 Å². The first-order chi connectivity index (χ1) is 11.6. The van der Waals surface area contributed by atoms with Crippen LogP contribution in [0.3, 0.4) is 0 Å². The van der Waals surface area contributed by atoms with Crippen molar-refractivity contribution in [2.24, 2.45) is 11.8 Å². The Balaban J connectivity index is 2.49. The van der Waals surface area contributed by atoms with Gasteiger partial charge in [-0.2, -0.15) is 4.39 Å². The maximum Gasteiger partial charge on any atom is 0.200 e. The second-order valence-electron chi connectivity index (χ2n) is 6.75. The molecule has 2 atom stereocenters. The van der Waals surface area contributed by atoms with Crippen LogP contribution in [0.2, 0.25) is 0 Å². The fourth-order valence-electron chi connectivity index (χ4n) is 2.20. The minimum absolute atomic E-state index is 0.0705. The Kier molecular flexibility index (Phi) is 8.01. The molecule has 0 spiro atoms. The average Bonchev–Trinajstić information content (AvgIpc) is 2.56. The first-order valence-corrected chi connectivity index (χ1v) is 8.42. The van der Waals surface area contributed by atoms with E-state index in [1.54, 1.807) is 6.92 Å². The molecule has 0 amide bonds. The minimum Gasteiger partial charge on any atom is -0.490 e. The van der Waals surface area contributed by atoms with Gasteiger partial charge in [0.15, 0.2) is 11.6 Å². The van der Waals surface area contributed by atoms with Gasteiger partial charge in [-0.05, 0) is 67.4 Å². The van der Waals surface area contributed by atoms with Crippen LogP contribution < -0.4 is 4.74 Å². The fraction of sp³-hybridized carbons (Fsp3) is 0.429. The van der Waals surface area contributed by atoms with Crippen LogP contribution >= 0.6 is 0 Å². The zero-order valence-corrected chi connectivity index (χ0v) is 15.5. The SMILES string of the molecule is C=C(C)/C(F)=C\C(=C)C(C)CCC(C)COc1ccc(C)c(F)c1F. The first kappa shape index (κ1) is 21.1. The topological polar surface area (TPSA) is 9.23 Å². The van der Waals surface area contributed by atoms with E-state index in [2.05, 4.69) is 13.2 Å². The van der Waals surface area contributed by atoms with Crippen LogP contribution in [-0.4, -0.2) is 6.61 Å². The van der Waals surface area contributed by atoms with Crippen molar-refractivity contribution in [1.82, 2.24) is 0 Å². The zero-order valence-electron chi connectivity index (χ0n) is 15.5. The Labute approximate surface area is 148 Å². The van der Waals surface area contributed by atoms with E-state index in [0.29, 0.717) is 11.1 Å². The summed E-state index contributed by atoms with van der Waals surface area (Å²) < 4.78 is 46.2. The Morgan fingerprint density at radius 1 is 1.16 bits per heavy atom. The molecule has 0 saturated carbocycles. The molecule has 1 nitrogen and oxygen atoms in total. The van der Waals surface area contributed by atoms with Gasteiger partial charge in [0.2, 0.25) is 5.82 Å². The number of aryl methyl sites for hydroxylation is 1. The Morgan fingerprint density at radius 2 is 1.80 bits per heavy atom. The van der Waals surface area contributed by atoms with Gasteiger partial charge in [0.05, 0.1) is 6.61 Å². The highest BCUT2D eigenvalue weighted by Gasteiger charge is 2.14. The fourth-order valence-corrected chi connectivity index (χ4v) is 2.20. The third-order valence-electron chi connectivity index (χ3n) is 4.21. The van der Waals surface area contributed by atoms with Gasteiger partial charge in [0, 0.05) is 0 Å². The molecule has 0 fully saturated rings. The second-order valence-corrected chi connectivity index (χ2v) is 6.75. The van der Waals surface area contributed by atoms with E-state index < -0.39 is 11.6 Å². The largest absolute Gasteiger partial charge is 0.490 e. The van der Waals surface area contributed by atoms with Gasteiger partial charge in [-0.25, -0.2) is 8.78 Å². The molecule has 0 radical (unpaired) electrons. The monoisotopic (exact) mass is 352 g/mol. The zero-order chi connectivity index (χ0) is 19.1. The molecule has 2 unspecified atom stereocenters. The summed E-state index contributed by atoms with van der Waals surface area (Å²) in [5.74, 6) is -1.99. The lowest BCUT2D eigenvalue weighted by molar-refractivity contribution is 0.234. The van der Waals surface area contributed by atoms with E-state index in [0.717, 1.165) is 12.8 Å². The maximum atomic E-state index is 13.8. The highest BCUT2D eigenvalue weighted by atomic mass is 19.2. The van der Waals surface area contributed by atoms with Crippen LogP contribution in [0.4, 0.5) is 13.2 Å². The van der Waals surface area contributed by atoms with Crippen molar-refractivity contribution >= 4 is 0 Å². The van der Waals surface area contributed by atoms with Crippen LogP contribution in [0.25, 0.3) is 0 Å². The summed E-state index contributed by atoms with van der Waals surface area (Å²) in [6, 6.07) is 2.93. The second kappa shape index (κ2) is 9.50. The van der Waals surface area contributed by atoms with Gasteiger partial charge >= 0.3 is 0 Å². The highest BCUT2D eigenvalue weighted by molar-refractivity contribution is 5.30. The molecule has 4 heteroatoms. The molecule has 1 rings (SSSR count). The molecule has 0 heterocycles. The van der Waals surface area contributed by atoms with Gasteiger partial charge in [0.1, 0.15) is 5.83 Å². The molecule has 0 aliphatic rings. The molecule has 0 bridgehead atoms. The molecule has 138 valence electrons. The first-order valence-electron chi connectivity index (χ1n) is 8.42. The van der Waals surface area contributed by atoms with Gasteiger partial charge < -0.3 is 4.74 Å². The van der Waals surface area contributed by atoms with Crippen LogP contribution in [-0.2, 0) is 0 Å².